The fourth-order valence-electron chi connectivity index (χ4n) is 2.08. The van der Waals surface area contributed by atoms with Crippen molar-refractivity contribution in [1.82, 2.24) is 4.37 Å². The number of ether oxygens (including phenoxy) is 1. The molecule has 0 saturated carbocycles. The number of benzene rings is 2. The largest absolute Gasteiger partial charge is 0.496 e. The lowest BCUT2D eigenvalue weighted by molar-refractivity contribution is 0.417. The normalized spacial score (nSPS) is 10.8. The van der Waals surface area contributed by atoms with Gasteiger partial charge in [-0.25, -0.2) is 0 Å². The minimum absolute atomic E-state index is 0.899. The summed E-state index contributed by atoms with van der Waals surface area (Å²) in [5.74, 6) is 0.899. The standard InChI is InChI=1S/C15H13NOS/c1-10-3-5-11(6-4-10)14-13(17-2)8-7-12-9-16-18-15(12)14/h3-9H,1-2H3. The number of rotatable bonds is 2. The van der Waals surface area contributed by atoms with E-state index < -0.39 is 0 Å². The number of methoxy groups -OCH3 is 1. The maximum atomic E-state index is 5.49. The Morgan fingerprint density at radius 2 is 1.83 bits per heavy atom. The minimum atomic E-state index is 0.899. The van der Waals surface area contributed by atoms with Gasteiger partial charge in [0, 0.05) is 17.1 Å². The van der Waals surface area contributed by atoms with Crippen LogP contribution in [0.5, 0.6) is 5.75 Å². The number of aryl methyl sites for hydroxylation is 1. The number of nitrogens with zero attached hydrogens (tertiary/aromatic N) is 1. The number of hydrogen-bond donors (Lipinski definition) is 0. The first-order valence-corrected chi connectivity index (χ1v) is 6.55. The van der Waals surface area contributed by atoms with Crippen LogP contribution in [0.3, 0.4) is 0 Å². The minimum Gasteiger partial charge on any atom is -0.496 e. The Balaban J connectivity index is 2.31. The third-order valence-corrected chi connectivity index (χ3v) is 3.88. The van der Waals surface area contributed by atoms with Crippen LogP contribution in [-0.4, -0.2) is 11.5 Å². The van der Waals surface area contributed by atoms with Gasteiger partial charge < -0.3 is 4.74 Å². The van der Waals surface area contributed by atoms with Gasteiger partial charge in [-0.3, -0.25) is 0 Å². The summed E-state index contributed by atoms with van der Waals surface area (Å²) in [6, 6.07) is 12.6. The first-order chi connectivity index (χ1) is 8.79. The van der Waals surface area contributed by atoms with Crippen LogP contribution in [0.4, 0.5) is 0 Å². The summed E-state index contributed by atoms with van der Waals surface area (Å²) in [6.07, 6.45) is 1.90. The van der Waals surface area contributed by atoms with Gasteiger partial charge >= 0.3 is 0 Å². The van der Waals surface area contributed by atoms with Crippen molar-refractivity contribution >= 4 is 21.6 Å². The molecule has 0 N–H and O–H groups in total. The summed E-state index contributed by atoms with van der Waals surface area (Å²) < 4.78 is 10.9. The molecule has 90 valence electrons. The smallest absolute Gasteiger partial charge is 0.128 e. The molecule has 2 nitrogen and oxygen atoms in total. The predicted molar refractivity (Wildman–Crippen MR) is 76.3 cm³/mol. The van der Waals surface area contributed by atoms with E-state index in [1.807, 2.05) is 12.3 Å². The molecule has 0 bridgehead atoms. The van der Waals surface area contributed by atoms with E-state index in [9.17, 15) is 0 Å². The monoisotopic (exact) mass is 255 g/mol. The van der Waals surface area contributed by atoms with E-state index in [2.05, 4.69) is 41.6 Å². The lowest BCUT2D eigenvalue weighted by Gasteiger charge is -2.09. The molecule has 0 spiro atoms. The molecule has 0 amide bonds. The van der Waals surface area contributed by atoms with Crippen molar-refractivity contribution in [3.8, 4) is 16.9 Å². The predicted octanol–water partition coefficient (Wildman–Crippen LogP) is 4.28. The van der Waals surface area contributed by atoms with E-state index in [4.69, 9.17) is 4.74 Å². The topological polar surface area (TPSA) is 22.1 Å². The number of aromatic nitrogens is 1. The second-order valence-electron chi connectivity index (χ2n) is 4.25. The van der Waals surface area contributed by atoms with Gasteiger partial charge in [-0.1, -0.05) is 29.8 Å². The summed E-state index contributed by atoms with van der Waals surface area (Å²) in [4.78, 5) is 0. The molecule has 0 radical (unpaired) electrons. The Kier molecular flexibility index (Phi) is 2.76. The molecule has 3 heteroatoms. The fraction of sp³-hybridized carbons (Fsp3) is 0.133. The van der Waals surface area contributed by atoms with Gasteiger partial charge in [0.2, 0.25) is 0 Å². The van der Waals surface area contributed by atoms with Gasteiger partial charge in [-0.15, -0.1) is 0 Å². The number of fused-ring (bicyclic) bond motifs is 1. The summed E-state index contributed by atoms with van der Waals surface area (Å²) in [6.45, 7) is 2.09. The Hall–Kier alpha value is -1.87. The zero-order chi connectivity index (χ0) is 12.5. The molecule has 3 aromatic rings. The highest BCUT2D eigenvalue weighted by atomic mass is 32.1. The summed E-state index contributed by atoms with van der Waals surface area (Å²) in [7, 11) is 1.71. The van der Waals surface area contributed by atoms with Gasteiger partial charge in [-0.05, 0) is 36.2 Å². The Morgan fingerprint density at radius 3 is 2.56 bits per heavy atom. The molecule has 0 saturated heterocycles. The highest BCUT2D eigenvalue weighted by molar-refractivity contribution is 7.14. The molecular formula is C15H13NOS. The van der Waals surface area contributed by atoms with Gasteiger partial charge in [0.05, 0.1) is 11.8 Å². The van der Waals surface area contributed by atoms with Crippen LogP contribution in [0.15, 0.2) is 42.6 Å². The maximum absolute atomic E-state index is 5.49. The molecule has 3 rings (SSSR count). The van der Waals surface area contributed by atoms with E-state index in [0.717, 1.165) is 16.7 Å². The Morgan fingerprint density at radius 1 is 1.06 bits per heavy atom. The van der Waals surface area contributed by atoms with Crippen molar-refractivity contribution in [3.05, 3.63) is 48.2 Å². The molecule has 1 heterocycles. The van der Waals surface area contributed by atoms with Gasteiger partial charge in [0.25, 0.3) is 0 Å². The van der Waals surface area contributed by atoms with Crippen LogP contribution < -0.4 is 4.74 Å². The van der Waals surface area contributed by atoms with E-state index in [-0.39, 0.29) is 0 Å². The Bertz CT molecular complexity index is 685. The van der Waals surface area contributed by atoms with Gasteiger partial charge in [0.1, 0.15) is 5.75 Å². The van der Waals surface area contributed by atoms with Crippen LogP contribution in [0.2, 0.25) is 0 Å². The van der Waals surface area contributed by atoms with Crippen molar-refractivity contribution in [3.63, 3.8) is 0 Å². The average Bonchev–Trinajstić information content (AvgIpc) is 2.87. The highest BCUT2D eigenvalue weighted by Crippen LogP contribution is 2.38. The molecular weight excluding hydrogens is 242 g/mol. The van der Waals surface area contributed by atoms with Crippen LogP contribution in [0.25, 0.3) is 21.2 Å². The number of hydrogen-bond acceptors (Lipinski definition) is 3. The Labute approximate surface area is 110 Å². The van der Waals surface area contributed by atoms with Gasteiger partial charge in [0.15, 0.2) is 0 Å². The quantitative estimate of drug-likeness (QED) is 0.682. The van der Waals surface area contributed by atoms with E-state index in [1.165, 1.54) is 27.4 Å². The van der Waals surface area contributed by atoms with Crippen LogP contribution in [0.1, 0.15) is 5.56 Å². The lowest BCUT2D eigenvalue weighted by Crippen LogP contribution is -1.88. The fourth-order valence-corrected chi connectivity index (χ4v) is 2.89. The molecule has 2 aromatic carbocycles. The first kappa shape index (κ1) is 11.2. The van der Waals surface area contributed by atoms with Crippen molar-refractivity contribution < 1.29 is 4.74 Å². The van der Waals surface area contributed by atoms with Crippen LogP contribution in [-0.2, 0) is 0 Å². The van der Waals surface area contributed by atoms with Crippen molar-refractivity contribution in [2.75, 3.05) is 7.11 Å². The van der Waals surface area contributed by atoms with Crippen LogP contribution >= 0.6 is 11.5 Å². The SMILES string of the molecule is COc1ccc2cnsc2c1-c1ccc(C)cc1. The zero-order valence-electron chi connectivity index (χ0n) is 10.3. The summed E-state index contributed by atoms with van der Waals surface area (Å²) >= 11 is 1.51. The van der Waals surface area contributed by atoms with Crippen molar-refractivity contribution in [1.29, 1.82) is 0 Å². The highest BCUT2D eigenvalue weighted by Gasteiger charge is 2.12. The van der Waals surface area contributed by atoms with E-state index in [1.54, 1.807) is 7.11 Å². The summed E-state index contributed by atoms with van der Waals surface area (Å²) in [5.41, 5.74) is 3.57. The first-order valence-electron chi connectivity index (χ1n) is 5.78. The van der Waals surface area contributed by atoms with Crippen molar-refractivity contribution in [2.45, 2.75) is 6.92 Å². The molecule has 0 aliphatic heterocycles. The summed E-state index contributed by atoms with van der Waals surface area (Å²) in [5, 5.41) is 1.16. The second-order valence-corrected chi connectivity index (χ2v) is 5.05. The van der Waals surface area contributed by atoms with E-state index >= 15 is 0 Å². The zero-order valence-corrected chi connectivity index (χ0v) is 11.1. The van der Waals surface area contributed by atoms with Crippen molar-refractivity contribution in [2.24, 2.45) is 0 Å². The molecule has 0 fully saturated rings. The molecule has 0 atom stereocenters. The molecule has 0 aliphatic carbocycles. The second kappa shape index (κ2) is 4.42. The molecule has 18 heavy (non-hydrogen) atoms. The third kappa shape index (κ3) is 1.77. The van der Waals surface area contributed by atoms with E-state index in [0.29, 0.717) is 0 Å². The lowest BCUT2D eigenvalue weighted by atomic mass is 10.0. The molecule has 1 aromatic heterocycles. The molecule has 0 unspecified atom stereocenters. The average molecular weight is 255 g/mol. The molecule has 0 aliphatic rings. The maximum Gasteiger partial charge on any atom is 0.128 e. The third-order valence-electron chi connectivity index (χ3n) is 3.05. The van der Waals surface area contributed by atoms with Gasteiger partial charge in [-0.2, -0.15) is 4.37 Å². The van der Waals surface area contributed by atoms with Crippen LogP contribution in [0, 0.1) is 6.92 Å².